The highest BCUT2D eigenvalue weighted by atomic mass is 16.5. The van der Waals surface area contributed by atoms with Gasteiger partial charge in [0.05, 0.1) is 18.6 Å². The predicted octanol–water partition coefficient (Wildman–Crippen LogP) is 2.98. The summed E-state index contributed by atoms with van der Waals surface area (Å²) < 4.78 is 10.6. The molecule has 0 bridgehead atoms. The minimum absolute atomic E-state index is 0.319. The second kappa shape index (κ2) is 8.89. The van der Waals surface area contributed by atoms with Crippen molar-refractivity contribution < 1.29 is 19.1 Å². The maximum atomic E-state index is 12.4. The molecule has 1 aliphatic rings. The van der Waals surface area contributed by atoms with Crippen LogP contribution in [0.4, 0.5) is 11.4 Å². The maximum absolute atomic E-state index is 12.4. The van der Waals surface area contributed by atoms with Crippen LogP contribution in [0.2, 0.25) is 0 Å². The van der Waals surface area contributed by atoms with Crippen molar-refractivity contribution in [1.29, 1.82) is 0 Å². The Morgan fingerprint density at radius 1 is 1.04 bits per heavy atom. The number of morpholine rings is 1. The smallest absolute Gasteiger partial charge is 0.316 e. The molecule has 1 amide bonds. The number of hydrogen-bond acceptors (Lipinski definition) is 5. The molecule has 3 rings (SSSR count). The van der Waals surface area contributed by atoms with Crippen molar-refractivity contribution in [3.63, 3.8) is 0 Å². The van der Waals surface area contributed by atoms with Gasteiger partial charge in [-0.1, -0.05) is 30.3 Å². The molecule has 1 heterocycles. The first-order valence-electron chi connectivity index (χ1n) is 9.42. The van der Waals surface area contributed by atoms with Crippen molar-refractivity contribution in [2.75, 3.05) is 43.1 Å². The number of nitrogens with one attached hydrogen (secondary N) is 1. The number of benzene rings is 2. The van der Waals surface area contributed by atoms with Crippen molar-refractivity contribution in [3.8, 4) is 0 Å². The largest absolute Gasteiger partial charge is 0.455 e. The van der Waals surface area contributed by atoms with E-state index < -0.39 is 11.4 Å². The summed E-state index contributed by atoms with van der Waals surface area (Å²) in [5.41, 5.74) is 1.79. The molecular formula is C22H26N2O4. The Bertz CT molecular complexity index is 797. The minimum Gasteiger partial charge on any atom is -0.455 e. The lowest BCUT2D eigenvalue weighted by atomic mass is 9.85. The molecular weight excluding hydrogens is 356 g/mol. The van der Waals surface area contributed by atoms with Gasteiger partial charge in [0.15, 0.2) is 6.61 Å². The molecule has 1 fully saturated rings. The quantitative estimate of drug-likeness (QED) is 0.778. The zero-order valence-corrected chi connectivity index (χ0v) is 16.3. The van der Waals surface area contributed by atoms with Crippen molar-refractivity contribution in [3.05, 3.63) is 60.2 Å². The van der Waals surface area contributed by atoms with Gasteiger partial charge in [-0.25, -0.2) is 0 Å². The van der Waals surface area contributed by atoms with Crippen molar-refractivity contribution in [1.82, 2.24) is 0 Å². The van der Waals surface area contributed by atoms with E-state index in [1.807, 2.05) is 54.6 Å². The Balaban J connectivity index is 1.50. The Morgan fingerprint density at radius 3 is 2.32 bits per heavy atom. The Kier molecular flexibility index (Phi) is 6.31. The number of carbonyl (C=O) groups excluding carboxylic acids is 2. The van der Waals surface area contributed by atoms with Crippen LogP contribution in [-0.4, -0.2) is 44.8 Å². The molecule has 0 atom stereocenters. The van der Waals surface area contributed by atoms with Gasteiger partial charge in [-0.2, -0.15) is 0 Å². The summed E-state index contributed by atoms with van der Waals surface area (Å²) in [7, 11) is 0. The lowest BCUT2D eigenvalue weighted by molar-refractivity contribution is -0.152. The molecule has 2 aromatic rings. The van der Waals surface area contributed by atoms with E-state index in [1.165, 1.54) is 0 Å². The SMILES string of the molecule is CC(C)(C(=O)OCC(=O)Nc1ccc(N2CCOCC2)cc1)c1ccccc1. The molecule has 6 heteroatoms. The number of rotatable bonds is 6. The van der Waals surface area contributed by atoms with Crippen molar-refractivity contribution in [2.45, 2.75) is 19.3 Å². The fraction of sp³-hybridized carbons (Fsp3) is 0.364. The Labute approximate surface area is 165 Å². The first-order chi connectivity index (χ1) is 13.5. The van der Waals surface area contributed by atoms with E-state index in [0.29, 0.717) is 5.69 Å². The third-order valence-corrected chi connectivity index (χ3v) is 4.87. The van der Waals surface area contributed by atoms with E-state index in [1.54, 1.807) is 13.8 Å². The van der Waals surface area contributed by atoms with Crippen molar-refractivity contribution >= 4 is 23.3 Å². The summed E-state index contributed by atoms with van der Waals surface area (Å²) in [6, 6.07) is 17.0. The monoisotopic (exact) mass is 382 g/mol. The molecule has 2 aromatic carbocycles. The van der Waals surface area contributed by atoms with Gasteiger partial charge < -0.3 is 19.7 Å². The number of anilines is 2. The number of hydrogen-bond donors (Lipinski definition) is 1. The first kappa shape index (κ1) is 19.9. The number of nitrogens with zero attached hydrogens (tertiary/aromatic N) is 1. The second-order valence-electron chi connectivity index (χ2n) is 7.26. The van der Waals surface area contributed by atoms with Gasteiger partial charge in [-0.3, -0.25) is 9.59 Å². The van der Waals surface area contributed by atoms with Gasteiger partial charge in [0.25, 0.3) is 5.91 Å². The predicted molar refractivity (Wildman–Crippen MR) is 109 cm³/mol. The Morgan fingerprint density at radius 2 is 1.68 bits per heavy atom. The number of ether oxygens (including phenoxy) is 2. The molecule has 0 unspecified atom stereocenters. The van der Waals surface area contributed by atoms with Crippen LogP contribution in [0.3, 0.4) is 0 Å². The highest BCUT2D eigenvalue weighted by molar-refractivity contribution is 5.93. The summed E-state index contributed by atoms with van der Waals surface area (Å²) in [6.07, 6.45) is 0. The van der Waals surface area contributed by atoms with E-state index in [2.05, 4.69) is 10.2 Å². The number of carbonyl (C=O) groups is 2. The van der Waals surface area contributed by atoms with Gasteiger partial charge in [0, 0.05) is 24.5 Å². The Hall–Kier alpha value is -2.86. The minimum atomic E-state index is -0.818. The van der Waals surface area contributed by atoms with Crippen LogP contribution in [0.1, 0.15) is 19.4 Å². The summed E-state index contributed by atoms with van der Waals surface area (Å²) in [5.74, 6) is -0.798. The van der Waals surface area contributed by atoms with Crippen LogP contribution in [0.15, 0.2) is 54.6 Å². The molecule has 28 heavy (non-hydrogen) atoms. The molecule has 148 valence electrons. The molecule has 0 aromatic heterocycles. The average molecular weight is 382 g/mol. The summed E-state index contributed by atoms with van der Waals surface area (Å²) in [4.78, 5) is 26.8. The second-order valence-corrected chi connectivity index (χ2v) is 7.26. The van der Waals surface area contributed by atoms with Crippen LogP contribution in [0.25, 0.3) is 0 Å². The summed E-state index contributed by atoms with van der Waals surface area (Å²) in [5, 5.41) is 2.76. The molecule has 6 nitrogen and oxygen atoms in total. The molecule has 0 aliphatic carbocycles. The lowest BCUT2D eigenvalue weighted by Crippen LogP contribution is -2.36. The fourth-order valence-corrected chi connectivity index (χ4v) is 3.06. The van der Waals surface area contributed by atoms with Gasteiger partial charge in [0.2, 0.25) is 0 Å². The third kappa shape index (κ3) is 4.89. The summed E-state index contributed by atoms with van der Waals surface area (Å²) >= 11 is 0. The van der Waals surface area contributed by atoms with Crippen molar-refractivity contribution in [2.24, 2.45) is 0 Å². The van der Waals surface area contributed by atoms with Gasteiger partial charge in [0.1, 0.15) is 0 Å². The van der Waals surface area contributed by atoms with Gasteiger partial charge in [-0.15, -0.1) is 0 Å². The molecule has 0 saturated carbocycles. The number of esters is 1. The van der Waals surface area contributed by atoms with Crippen LogP contribution < -0.4 is 10.2 Å². The maximum Gasteiger partial charge on any atom is 0.316 e. The summed E-state index contributed by atoms with van der Waals surface area (Å²) in [6.45, 7) is 6.42. The molecule has 0 spiro atoms. The fourth-order valence-electron chi connectivity index (χ4n) is 3.06. The zero-order chi connectivity index (χ0) is 20.0. The molecule has 1 N–H and O–H groups in total. The highest BCUT2D eigenvalue weighted by Crippen LogP contribution is 2.24. The van der Waals surface area contributed by atoms with E-state index in [9.17, 15) is 9.59 Å². The molecule has 0 radical (unpaired) electrons. The van der Waals surface area contributed by atoms with Crippen LogP contribution >= 0.6 is 0 Å². The van der Waals surface area contributed by atoms with Crippen LogP contribution in [0, 0.1) is 0 Å². The lowest BCUT2D eigenvalue weighted by Gasteiger charge is -2.28. The molecule has 1 saturated heterocycles. The van der Waals surface area contributed by atoms with Crippen LogP contribution in [-0.2, 0) is 24.5 Å². The van der Waals surface area contributed by atoms with E-state index in [0.717, 1.165) is 37.6 Å². The van der Waals surface area contributed by atoms with E-state index in [-0.39, 0.29) is 12.5 Å². The van der Waals surface area contributed by atoms with E-state index >= 15 is 0 Å². The normalized spacial score (nSPS) is 14.4. The topological polar surface area (TPSA) is 67.9 Å². The number of amides is 1. The highest BCUT2D eigenvalue weighted by Gasteiger charge is 2.31. The molecule has 1 aliphatic heterocycles. The van der Waals surface area contributed by atoms with Gasteiger partial charge >= 0.3 is 5.97 Å². The van der Waals surface area contributed by atoms with E-state index in [4.69, 9.17) is 9.47 Å². The standard InChI is InChI=1S/C22H26N2O4/c1-22(2,17-6-4-3-5-7-17)21(26)28-16-20(25)23-18-8-10-19(11-9-18)24-12-14-27-15-13-24/h3-11H,12-16H2,1-2H3,(H,23,25). The average Bonchev–Trinajstić information content (AvgIpc) is 2.74. The zero-order valence-electron chi connectivity index (χ0n) is 16.3. The third-order valence-electron chi connectivity index (χ3n) is 4.87. The van der Waals surface area contributed by atoms with Gasteiger partial charge in [-0.05, 0) is 43.7 Å². The first-order valence-corrected chi connectivity index (χ1v) is 9.42. The van der Waals surface area contributed by atoms with Crippen LogP contribution in [0.5, 0.6) is 0 Å².